The molecule has 0 saturated heterocycles. The lowest BCUT2D eigenvalue weighted by Crippen LogP contribution is -2.28. The first-order valence-corrected chi connectivity index (χ1v) is 8.52. The summed E-state index contributed by atoms with van der Waals surface area (Å²) in [7, 11) is 0. The molecule has 1 aromatic carbocycles. The van der Waals surface area contributed by atoms with E-state index in [1.807, 2.05) is 44.2 Å². The first-order chi connectivity index (χ1) is 11.6. The Hall–Kier alpha value is -2.17. The van der Waals surface area contributed by atoms with E-state index in [1.54, 1.807) is 20.8 Å². The SMILES string of the molecule is CC(C)C(CC(=O)CC(=O)OC(C)(C)C)C(=O)OCc1ccccc1. The third-order valence-electron chi connectivity index (χ3n) is 3.54. The molecule has 0 radical (unpaired) electrons. The smallest absolute Gasteiger partial charge is 0.313 e. The fraction of sp³-hybridized carbons (Fsp3) is 0.550. The third kappa shape index (κ3) is 8.47. The van der Waals surface area contributed by atoms with Gasteiger partial charge < -0.3 is 9.47 Å². The van der Waals surface area contributed by atoms with Crippen LogP contribution in [0.15, 0.2) is 30.3 Å². The highest BCUT2D eigenvalue weighted by molar-refractivity contribution is 5.97. The molecule has 0 saturated carbocycles. The molecule has 138 valence electrons. The largest absolute Gasteiger partial charge is 0.461 e. The Morgan fingerprint density at radius 1 is 1.04 bits per heavy atom. The van der Waals surface area contributed by atoms with E-state index in [1.165, 1.54) is 0 Å². The summed E-state index contributed by atoms with van der Waals surface area (Å²) in [5, 5.41) is 0. The van der Waals surface area contributed by atoms with E-state index in [2.05, 4.69) is 0 Å². The molecule has 0 spiro atoms. The van der Waals surface area contributed by atoms with Crippen molar-refractivity contribution in [2.45, 2.75) is 59.7 Å². The molecule has 0 heterocycles. The van der Waals surface area contributed by atoms with Crippen LogP contribution >= 0.6 is 0 Å². The Morgan fingerprint density at radius 2 is 1.64 bits per heavy atom. The number of carbonyl (C=O) groups is 3. The minimum atomic E-state index is -0.635. The molecule has 0 aliphatic heterocycles. The van der Waals surface area contributed by atoms with E-state index in [4.69, 9.17) is 9.47 Å². The second kappa shape index (κ2) is 9.35. The molecule has 0 N–H and O–H groups in total. The lowest BCUT2D eigenvalue weighted by atomic mass is 9.90. The molecule has 0 fully saturated rings. The lowest BCUT2D eigenvalue weighted by molar-refractivity contribution is -0.158. The Bertz CT molecular complexity index is 584. The molecule has 1 aromatic rings. The van der Waals surface area contributed by atoms with Crippen LogP contribution in [-0.2, 0) is 30.5 Å². The standard InChI is InChI=1S/C20H28O5/c1-14(2)17(11-16(21)12-18(22)25-20(3,4)5)19(23)24-13-15-9-7-6-8-10-15/h6-10,14,17H,11-13H2,1-5H3. The third-order valence-corrected chi connectivity index (χ3v) is 3.54. The van der Waals surface area contributed by atoms with Gasteiger partial charge in [0.1, 0.15) is 24.4 Å². The Morgan fingerprint density at radius 3 is 2.16 bits per heavy atom. The minimum Gasteiger partial charge on any atom is -0.461 e. The molecule has 0 aromatic heterocycles. The number of carbonyl (C=O) groups excluding carboxylic acids is 3. The van der Waals surface area contributed by atoms with Crippen LogP contribution in [0.25, 0.3) is 0 Å². The molecule has 1 rings (SSSR count). The van der Waals surface area contributed by atoms with Crippen LogP contribution < -0.4 is 0 Å². The predicted octanol–water partition coefficient (Wildman–Crippen LogP) is 3.69. The van der Waals surface area contributed by atoms with Gasteiger partial charge in [0.15, 0.2) is 0 Å². The average Bonchev–Trinajstić information content (AvgIpc) is 2.49. The summed E-state index contributed by atoms with van der Waals surface area (Å²) in [5.41, 5.74) is 0.252. The summed E-state index contributed by atoms with van der Waals surface area (Å²) in [6.07, 6.45) is -0.350. The van der Waals surface area contributed by atoms with Crippen LogP contribution in [0, 0.1) is 11.8 Å². The summed E-state index contributed by atoms with van der Waals surface area (Å²) in [4.78, 5) is 36.2. The second-order valence-corrected chi connectivity index (χ2v) is 7.45. The lowest BCUT2D eigenvalue weighted by Gasteiger charge is -2.21. The van der Waals surface area contributed by atoms with Crippen LogP contribution in [0.3, 0.4) is 0 Å². The molecule has 0 bridgehead atoms. The second-order valence-electron chi connectivity index (χ2n) is 7.45. The normalized spacial score (nSPS) is 12.6. The van der Waals surface area contributed by atoms with Crippen LogP contribution in [0.1, 0.15) is 53.0 Å². The van der Waals surface area contributed by atoms with Gasteiger partial charge in [0.05, 0.1) is 5.92 Å². The van der Waals surface area contributed by atoms with Crippen molar-refractivity contribution in [1.82, 2.24) is 0 Å². The Labute approximate surface area is 149 Å². The molecule has 25 heavy (non-hydrogen) atoms. The van der Waals surface area contributed by atoms with E-state index in [0.717, 1.165) is 5.56 Å². The van der Waals surface area contributed by atoms with Gasteiger partial charge in [0.25, 0.3) is 0 Å². The number of hydrogen-bond donors (Lipinski definition) is 0. The summed E-state index contributed by atoms with van der Waals surface area (Å²) in [6, 6.07) is 9.36. The maximum Gasteiger partial charge on any atom is 0.313 e. The molecule has 0 amide bonds. The molecule has 1 atom stereocenters. The van der Waals surface area contributed by atoms with Crippen molar-refractivity contribution in [1.29, 1.82) is 0 Å². The number of rotatable bonds is 8. The maximum absolute atomic E-state index is 12.3. The number of hydrogen-bond acceptors (Lipinski definition) is 5. The van der Waals surface area contributed by atoms with E-state index >= 15 is 0 Å². The van der Waals surface area contributed by atoms with Gasteiger partial charge in [-0.05, 0) is 32.3 Å². The highest BCUT2D eigenvalue weighted by atomic mass is 16.6. The first kappa shape index (κ1) is 20.9. The highest BCUT2D eigenvalue weighted by Gasteiger charge is 2.28. The number of Topliss-reactive ketones (excluding diaryl/α,β-unsaturated/α-hetero) is 1. The van der Waals surface area contributed by atoms with Gasteiger partial charge in [-0.15, -0.1) is 0 Å². The maximum atomic E-state index is 12.3. The van der Waals surface area contributed by atoms with E-state index in [9.17, 15) is 14.4 Å². The molecular formula is C20H28O5. The van der Waals surface area contributed by atoms with Crippen molar-refractivity contribution in [2.24, 2.45) is 11.8 Å². The Kier molecular flexibility index (Phi) is 7.81. The highest BCUT2D eigenvalue weighted by Crippen LogP contribution is 2.20. The van der Waals surface area contributed by atoms with Crippen LogP contribution in [-0.4, -0.2) is 23.3 Å². The van der Waals surface area contributed by atoms with Gasteiger partial charge in [-0.3, -0.25) is 14.4 Å². The summed E-state index contributed by atoms with van der Waals surface area (Å²) in [5.74, 6) is -1.94. The number of esters is 2. The molecule has 5 nitrogen and oxygen atoms in total. The zero-order valence-electron chi connectivity index (χ0n) is 15.7. The summed E-state index contributed by atoms with van der Waals surface area (Å²) >= 11 is 0. The minimum absolute atomic E-state index is 0.0233. The van der Waals surface area contributed by atoms with Crippen molar-refractivity contribution >= 4 is 17.7 Å². The summed E-state index contributed by atoms with van der Waals surface area (Å²) in [6.45, 7) is 9.11. The zero-order valence-corrected chi connectivity index (χ0v) is 15.7. The van der Waals surface area contributed by atoms with Crippen LogP contribution in [0.5, 0.6) is 0 Å². The molecular weight excluding hydrogens is 320 g/mol. The summed E-state index contributed by atoms with van der Waals surface area (Å²) < 4.78 is 10.5. The van der Waals surface area contributed by atoms with Gasteiger partial charge in [-0.1, -0.05) is 44.2 Å². The van der Waals surface area contributed by atoms with Gasteiger partial charge >= 0.3 is 11.9 Å². The number of ether oxygens (including phenoxy) is 2. The van der Waals surface area contributed by atoms with Gasteiger partial charge in [0.2, 0.25) is 0 Å². The molecule has 5 heteroatoms. The fourth-order valence-electron chi connectivity index (χ4n) is 2.28. The van der Waals surface area contributed by atoms with E-state index < -0.39 is 23.5 Å². The van der Waals surface area contributed by atoms with Crippen molar-refractivity contribution in [3.63, 3.8) is 0 Å². The topological polar surface area (TPSA) is 69.7 Å². The molecule has 1 unspecified atom stereocenters. The van der Waals surface area contributed by atoms with Crippen LogP contribution in [0.2, 0.25) is 0 Å². The number of benzene rings is 1. The van der Waals surface area contributed by atoms with Crippen molar-refractivity contribution in [3.8, 4) is 0 Å². The van der Waals surface area contributed by atoms with Gasteiger partial charge in [-0.2, -0.15) is 0 Å². The average molecular weight is 348 g/mol. The van der Waals surface area contributed by atoms with E-state index in [-0.39, 0.29) is 31.1 Å². The first-order valence-electron chi connectivity index (χ1n) is 8.52. The molecule has 0 aliphatic carbocycles. The molecule has 0 aliphatic rings. The predicted molar refractivity (Wildman–Crippen MR) is 94.7 cm³/mol. The van der Waals surface area contributed by atoms with Crippen molar-refractivity contribution in [3.05, 3.63) is 35.9 Å². The van der Waals surface area contributed by atoms with Gasteiger partial charge in [0, 0.05) is 6.42 Å². The van der Waals surface area contributed by atoms with Crippen LogP contribution in [0.4, 0.5) is 0 Å². The monoisotopic (exact) mass is 348 g/mol. The van der Waals surface area contributed by atoms with Crippen molar-refractivity contribution in [2.75, 3.05) is 0 Å². The Balaban J connectivity index is 2.56. The van der Waals surface area contributed by atoms with Crippen molar-refractivity contribution < 1.29 is 23.9 Å². The fourth-order valence-corrected chi connectivity index (χ4v) is 2.28. The zero-order chi connectivity index (χ0) is 19.0. The number of ketones is 1. The van der Waals surface area contributed by atoms with E-state index in [0.29, 0.717) is 0 Å². The quantitative estimate of drug-likeness (QED) is 0.529. The van der Waals surface area contributed by atoms with Gasteiger partial charge in [-0.25, -0.2) is 0 Å².